The van der Waals surface area contributed by atoms with Crippen LogP contribution in [0.1, 0.15) is 54.5 Å². The number of pyridine rings is 1. The fraction of sp³-hybridized carbons (Fsp3) is 0.333. The van der Waals surface area contributed by atoms with Gasteiger partial charge in [0, 0.05) is 30.8 Å². The molecule has 0 saturated heterocycles. The van der Waals surface area contributed by atoms with Crippen LogP contribution < -0.4 is 5.56 Å². The Morgan fingerprint density at radius 3 is 2.38 bits per heavy atom. The lowest BCUT2D eigenvalue weighted by Crippen LogP contribution is -2.50. The second-order valence-electron chi connectivity index (χ2n) is 11.1. The highest BCUT2D eigenvalue weighted by Gasteiger charge is 2.44. The average molecular weight is 643 g/mol. The molecule has 3 aromatic carbocycles. The van der Waals surface area contributed by atoms with Crippen LogP contribution in [0.5, 0.6) is 0 Å². The van der Waals surface area contributed by atoms with Gasteiger partial charge in [-0.3, -0.25) is 9.36 Å². The maximum Gasteiger partial charge on any atom is 0.416 e. The summed E-state index contributed by atoms with van der Waals surface area (Å²) in [5.74, 6) is -1.44. The van der Waals surface area contributed by atoms with E-state index in [9.17, 15) is 36.3 Å². The monoisotopic (exact) mass is 642 g/mol. The summed E-state index contributed by atoms with van der Waals surface area (Å²) in [6.07, 6.45) is -3.45. The number of aliphatic hydroxyl groups is 1. The molecule has 0 saturated carbocycles. The molecule has 2 heterocycles. The Bertz CT molecular complexity index is 1920. The molecule has 12 heteroatoms. The van der Waals surface area contributed by atoms with Gasteiger partial charge in [0.05, 0.1) is 5.56 Å². The summed E-state index contributed by atoms with van der Waals surface area (Å²) in [6, 6.07) is 15.6. The number of carboxylic acids is 1. The number of sulfonamides is 1. The van der Waals surface area contributed by atoms with Crippen molar-refractivity contribution in [3.05, 3.63) is 99.3 Å². The molecule has 0 spiro atoms. The number of aliphatic carboxylic acids is 1. The number of aliphatic hydroxyl groups excluding tert-OH is 1. The molecule has 1 aromatic heterocycles. The molecule has 1 atom stereocenters. The van der Waals surface area contributed by atoms with Crippen molar-refractivity contribution in [1.29, 1.82) is 0 Å². The SMILES string of the molecule is CCc1c(Cc2cccc3ccccc23)c(-c2cccc(C(F)(F)F)c2)c2n(c1=O)C(C(=O)O)CN(CCCCCO)S2(=O)=O. The summed E-state index contributed by atoms with van der Waals surface area (Å²) in [4.78, 5) is 26.7. The van der Waals surface area contributed by atoms with Crippen LogP contribution >= 0.6 is 0 Å². The van der Waals surface area contributed by atoms with Gasteiger partial charge in [-0.25, -0.2) is 13.2 Å². The van der Waals surface area contributed by atoms with Gasteiger partial charge in [0.1, 0.15) is 6.04 Å². The quantitative estimate of drug-likeness (QED) is 0.217. The summed E-state index contributed by atoms with van der Waals surface area (Å²) in [7, 11) is -4.58. The largest absolute Gasteiger partial charge is 0.480 e. The Labute approximate surface area is 258 Å². The fourth-order valence-corrected chi connectivity index (χ4v) is 8.03. The van der Waals surface area contributed by atoms with Crippen molar-refractivity contribution in [2.45, 2.75) is 56.3 Å². The summed E-state index contributed by atoms with van der Waals surface area (Å²) < 4.78 is 72.4. The van der Waals surface area contributed by atoms with Crippen LogP contribution in [-0.2, 0) is 33.8 Å². The van der Waals surface area contributed by atoms with Crippen LogP contribution in [0.25, 0.3) is 21.9 Å². The fourth-order valence-electron chi connectivity index (χ4n) is 6.12. The summed E-state index contributed by atoms with van der Waals surface area (Å²) in [5.41, 5.74) is -0.914. The molecule has 0 amide bonds. The standard InChI is InChI=1S/C33H33F3N2O6S/c1-2-25-27(19-22-12-8-11-21-10-4-5-15-26(21)22)29(23-13-9-14-24(18-23)33(34,35)36)31-38(30(25)40)28(32(41)42)20-37(45(31,43)44)16-6-3-7-17-39/h4-5,8-15,18,28,39H,2-3,6-7,16-17,19-20H2,1H3,(H,41,42). The van der Waals surface area contributed by atoms with Crippen molar-refractivity contribution in [1.82, 2.24) is 8.87 Å². The van der Waals surface area contributed by atoms with Crippen LogP contribution in [0.3, 0.4) is 0 Å². The minimum absolute atomic E-state index is 0.0168. The molecule has 0 radical (unpaired) electrons. The third kappa shape index (κ3) is 6.14. The first-order chi connectivity index (χ1) is 21.4. The first-order valence-corrected chi connectivity index (χ1v) is 16.1. The third-order valence-electron chi connectivity index (χ3n) is 8.28. The third-order valence-corrected chi connectivity index (χ3v) is 10.2. The maximum atomic E-state index is 14.4. The maximum absolute atomic E-state index is 14.4. The van der Waals surface area contributed by atoms with Crippen molar-refractivity contribution in [3.63, 3.8) is 0 Å². The van der Waals surface area contributed by atoms with E-state index in [1.807, 2.05) is 42.5 Å². The highest BCUT2D eigenvalue weighted by Crippen LogP contribution is 2.41. The first kappa shape index (κ1) is 32.4. The predicted molar refractivity (Wildman–Crippen MR) is 164 cm³/mol. The van der Waals surface area contributed by atoms with Gasteiger partial charge in [-0.15, -0.1) is 0 Å². The lowest BCUT2D eigenvalue weighted by Gasteiger charge is -2.36. The Kier molecular flexibility index (Phi) is 9.20. The van der Waals surface area contributed by atoms with Crippen molar-refractivity contribution >= 4 is 26.8 Å². The minimum Gasteiger partial charge on any atom is -0.480 e. The molecule has 238 valence electrons. The molecule has 1 aliphatic heterocycles. The topological polar surface area (TPSA) is 117 Å². The lowest BCUT2D eigenvalue weighted by atomic mass is 9.89. The second kappa shape index (κ2) is 12.8. The number of nitrogens with zero attached hydrogens (tertiary/aromatic N) is 2. The van der Waals surface area contributed by atoms with Crippen LogP contribution in [0.4, 0.5) is 13.2 Å². The van der Waals surface area contributed by atoms with Crippen molar-refractivity contribution < 1.29 is 36.6 Å². The van der Waals surface area contributed by atoms with E-state index in [1.54, 1.807) is 6.92 Å². The molecule has 2 N–H and O–H groups in total. The van der Waals surface area contributed by atoms with Gasteiger partial charge in [0.25, 0.3) is 15.6 Å². The van der Waals surface area contributed by atoms with Crippen LogP contribution in [0, 0.1) is 0 Å². The average Bonchev–Trinajstić information content (AvgIpc) is 3.00. The molecular weight excluding hydrogens is 609 g/mol. The van der Waals surface area contributed by atoms with Gasteiger partial charge in [0.2, 0.25) is 0 Å². The Morgan fingerprint density at radius 2 is 1.69 bits per heavy atom. The number of carboxylic acid groups (broad SMARTS) is 1. The van der Waals surface area contributed by atoms with Gasteiger partial charge >= 0.3 is 12.1 Å². The predicted octanol–water partition coefficient (Wildman–Crippen LogP) is 5.63. The van der Waals surface area contributed by atoms with Gasteiger partial charge in [-0.05, 0) is 71.7 Å². The molecule has 0 aliphatic carbocycles. The zero-order chi connectivity index (χ0) is 32.5. The Hall–Kier alpha value is -4.00. The number of hydrogen-bond acceptors (Lipinski definition) is 5. The zero-order valence-electron chi connectivity index (χ0n) is 24.5. The number of alkyl halides is 3. The first-order valence-electron chi connectivity index (χ1n) is 14.7. The van der Waals surface area contributed by atoms with Gasteiger partial charge in [0.15, 0.2) is 5.03 Å². The molecule has 5 rings (SSSR count). The Morgan fingerprint density at radius 1 is 0.978 bits per heavy atom. The number of aromatic nitrogens is 1. The molecule has 0 bridgehead atoms. The number of unbranched alkanes of at least 4 members (excludes halogenated alkanes) is 2. The summed E-state index contributed by atoms with van der Waals surface area (Å²) >= 11 is 0. The highest BCUT2D eigenvalue weighted by atomic mass is 32.2. The second-order valence-corrected chi connectivity index (χ2v) is 12.9. The van der Waals surface area contributed by atoms with Gasteiger partial charge in [-0.1, -0.05) is 61.5 Å². The summed E-state index contributed by atoms with van der Waals surface area (Å²) in [5, 5.41) is 20.5. The lowest BCUT2D eigenvalue weighted by molar-refractivity contribution is -0.141. The van der Waals surface area contributed by atoms with Crippen LogP contribution in [0.15, 0.2) is 76.6 Å². The number of carbonyl (C=O) groups is 1. The zero-order valence-corrected chi connectivity index (χ0v) is 25.4. The highest BCUT2D eigenvalue weighted by molar-refractivity contribution is 7.89. The molecule has 1 aliphatic rings. The van der Waals surface area contributed by atoms with E-state index in [0.717, 1.165) is 37.3 Å². The van der Waals surface area contributed by atoms with Gasteiger partial charge < -0.3 is 10.2 Å². The molecule has 8 nitrogen and oxygen atoms in total. The number of halogens is 3. The number of hydrogen-bond donors (Lipinski definition) is 2. The van der Waals surface area contributed by atoms with Crippen molar-refractivity contribution in [3.8, 4) is 11.1 Å². The van der Waals surface area contributed by atoms with E-state index >= 15 is 0 Å². The number of fused-ring (bicyclic) bond motifs is 2. The van der Waals surface area contributed by atoms with E-state index in [1.165, 1.54) is 12.1 Å². The molecular formula is C33H33F3N2O6S. The van der Waals surface area contributed by atoms with Crippen LogP contribution in [-0.4, -0.2) is 53.2 Å². The number of rotatable bonds is 10. The van der Waals surface area contributed by atoms with Crippen molar-refractivity contribution in [2.24, 2.45) is 0 Å². The van der Waals surface area contributed by atoms with Crippen LogP contribution in [0.2, 0.25) is 0 Å². The van der Waals surface area contributed by atoms with E-state index in [-0.39, 0.29) is 48.2 Å². The molecule has 45 heavy (non-hydrogen) atoms. The molecule has 4 aromatic rings. The molecule has 0 fully saturated rings. The number of benzene rings is 3. The Balaban J connectivity index is 1.88. The van der Waals surface area contributed by atoms with Gasteiger partial charge in [-0.2, -0.15) is 17.5 Å². The van der Waals surface area contributed by atoms with E-state index in [2.05, 4.69) is 0 Å². The van der Waals surface area contributed by atoms with E-state index in [0.29, 0.717) is 19.3 Å². The normalized spacial score (nSPS) is 16.5. The summed E-state index contributed by atoms with van der Waals surface area (Å²) in [6.45, 7) is 0.973. The smallest absolute Gasteiger partial charge is 0.416 e. The van der Waals surface area contributed by atoms with E-state index in [4.69, 9.17) is 5.11 Å². The van der Waals surface area contributed by atoms with E-state index < -0.39 is 50.9 Å². The minimum atomic E-state index is -4.74. The van der Waals surface area contributed by atoms with Crippen molar-refractivity contribution in [2.75, 3.05) is 19.7 Å². The molecule has 1 unspecified atom stereocenters.